The molecular weight excluding hydrogens is 252 g/mol. The van der Waals surface area contributed by atoms with Crippen LogP contribution in [0.2, 0.25) is 0 Å². The van der Waals surface area contributed by atoms with E-state index in [0.29, 0.717) is 17.4 Å². The van der Waals surface area contributed by atoms with Crippen LogP contribution in [0.15, 0.2) is 42.6 Å². The number of aromatic nitrogens is 1. The van der Waals surface area contributed by atoms with Gasteiger partial charge >= 0.3 is 0 Å². The highest BCUT2D eigenvalue weighted by Crippen LogP contribution is 2.33. The molecule has 0 bridgehead atoms. The van der Waals surface area contributed by atoms with E-state index in [1.165, 1.54) is 6.42 Å². The van der Waals surface area contributed by atoms with E-state index < -0.39 is 0 Å². The summed E-state index contributed by atoms with van der Waals surface area (Å²) in [5.41, 5.74) is 1.40. The standard InChI is InChI=1S/C16H18N2O2/c1-17(13-7-3-8-14(19)11-13)16(20)15-9-4-10-18(15)12-5-2-6-12/h3-4,7-12,19H,2,5-6H2,1H3. The molecule has 3 rings (SSSR count). The van der Waals surface area contributed by atoms with E-state index in [1.54, 1.807) is 30.1 Å². The maximum absolute atomic E-state index is 12.6. The summed E-state index contributed by atoms with van der Waals surface area (Å²) in [7, 11) is 1.73. The fourth-order valence-electron chi connectivity index (χ4n) is 2.55. The van der Waals surface area contributed by atoms with Crippen molar-refractivity contribution in [3.05, 3.63) is 48.3 Å². The minimum Gasteiger partial charge on any atom is -0.508 e. The van der Waals surface area contributed by atoms with E-state index in [-0.39, 0.29) is 11.7 Å². The maximum atomic E-state index is 12.6. The molecule has 0 saturated heterocycles. The zero-order chi connectivity index (χ0) is 14.1. The molecule has 1 N–H and O–H groups in total. The molecule has 1 aliphatic carbocycles. The van der Waals surface area contributed by atoms with Gasteiger partial charge in [-0.2, -0.15) is 0 Å². The average Bonchev–Trinajstić information content (AvgIpc) is 2.84. The molecule has 0 atom stereocenters. The lowest BCUT2D eigenvalue weighted by atomic mass is 9.93. The summed E-state index contributed by atoms with van der Waals surface area (Å²) in [6.07, 6.45) is 5.50. The molecule has 0 aliphatic heterocycles. The van der Waals surface area contributed by atoms with Crippen LogP contribution >= 0.6 is 0 Å². The Hall–Kier alpha value is -2.23. The summed E-state index contributed by atoms with van der Waals surface area (Å²) < 4.78 is 2.07. The third kappa shape index (κ3) is 2.18. The molecule has 4 nitrogen and oxygen atoms in total. The van der Waals surface area contributed by atoms with Gasteiger partial charge in [0.1, 0.15) is 11.4 Å². The summed E-state index contributed by atoms with van der Waals surface area (Å²) in [4.78, 5) is 14.2. The Balaban J connectivity index is 1.87. The monoisotopic (exact) mass is 270 g/mol. The predicted molar refractivity (Wildman–Crippen MR) is 78.2 cm³/mol. The average molecular weight is 270 g/mol. The van der Waals surface area contributed by atoms with Crippen LogP contribution in [-0.4, -0.2) is 22.6 Å². The van der Waals surface area contributed by atoms with Gasteiger partial charge in [0.15, 0.2) is 0 Å². The highest BCUT2D eigenvalue weighted by molar-refractivity contribution is 6.04. The Labute approximate surface area is 118 Å². The molecule has 4 heteroatoms. The van der Waals surface area contributed by atoms with Gasteiger partial charge in [-0.15, -0.1) is 0 Å². The summed E-state index contributed by atoms with van der Waals surface area (Å²) >= 11 is 0. The zero-order valence-corrected chi connectivity index (χ0v) is 11.5. The van der Waals surface area contributed by atoms with Crippen molar-refractivity contribution in [3.8, 4) is 5.75 Å². The van der Waals surface area contributed by atoms with E-state index in [9.17, 15) is 9.90 Å². The maximum Gasteiger partial charge on any atom is 0.274 e. The Morgan fingerprint density at radius 3 is 2.75 bits per heavy atom. The second-order valence-electron chi connectivity index (χ2n) is 5.27. The number of nitrogens with zero attached hydrogens (tertiary/aromatic N) is 2. The fourth-order valence-corrected chi connectivity index (χ4v) is 2.55. The van der Waals surface area contributed by atoms with Gasteiger partial charge in [0.25, 0.3) is 5.91 Å². The number of anilines is 1. The number of hydrogen-bond donors (Lipinski definition) is 1. The molecule has 1 fully saturated rings. The Bertz CT molecular complexity index is 629. The Morgan fingerprint density at radius 1 is 1.30 bits per heavy atom. The van der Waals surface area contributed by atoms with Gasteiger partial charge in [-0.3, -0.25) is 4.79 Å². The fraction of sp³-hybridized carbons (Fsp3) is 0.312. The van der Waals surface area contributed by atoms with Gasteiger partial charge in [-0.1, -0.05) is 6.07 Å². The topological polar surface area (TPSA) is 45.5 Å². The lowest BCUT2D eigenvalue weighted by Crippen LogP contribution is -2.30. The smallest absolute Gasteiger partial charge is 0.274 e. The number of aromatic hydroxyl groups is 1. The van der Waals surface area contributed by atoms with Crippen molar-refractivity contribution in [1.29, 1.82) is 0 Å². The molecule has 1 heterocycles. The summed E-state index contributed by atoms with van der Waals surface area (Å²) in [6.45, 7) is 0. The van der Waals surface area contributed by atoms with Crippen LogP contribution < -0.4 is 4.90 Å². The largest absolute Gasteiger partial charge is 0.508 e. The van der Waals surface area contributed by atoms with Crippen molar-refractivity contribution >= 4 is 11.6 Å². The van der Waals surface area contributed by atoms with Crippen molar-refractivity contribution in [2.45, 2.75) is 25.3 Å². The second kappa shape index (κ2) is 5.04. The third-order valence-electron chi connectivity index (χ3n) is 3.99. The zero-order valence-electron chi connectivity index (χ0n) is 11.5. The highest BCUT2D eigenvalue weighted by atomic mass is 16.3. The number of phenolic OH excluding ortho intramolecular Hbond substituents is 1. The number of carbonyl (C=O) groups is 1. The molecule has 1 aromatic heterocycles. The minimum atomic E-state index is -0.0486. The van der Waals surface area contributed by atoms with Gasteiger partial charge in [0.2, 0.25) is 0 Å². The van der Waals surface area contributed by atoms with Crippen LogP contribution in [0.4, 0.5) is 5.69 Å². The Morgan fingerprint density at radius 2 is 2.10 bits per heavy atom. The first-order valence-corrected chi connectivity index (χ1v) is 6.91. The SMILES string of the molecule is CN(C(=O)c1cccn1C1CCC1)c1cccc(O)c1. The number of amides is 1. The highest BCUT2D eigenvalue weighted by Gasteiger charge is 2.25. The molecule has 1 aliphatic rings. The molecule has 1 amide bonds. The predicted octanol–water partition coefficient (Wildman–Crippen LogP) is 3.20. The van der Waals surface area contributed by atoms with Crippen molar-refractivity contribution in [1.82, 2.24) is 4.57 Å². The van der Waals surface area contributed by atoms with E-state index >= 15 is 0 Å². The van der Waals surface area contributed by atoms with Crippen LogP contribution in [0.3, 0.4) is 0 Å². The van der Waals surface area contributed by atoms with Crippen LogP contribution in [0.25, 0.3) is 0 Å². The molecule has 0 radical (unpaired) electrons. The Kier molecular flexibility index (Phi) is 3.22. The number of rotatable bonds is 3. The van der Waals surface area contributed by atoms with Gasteiger partial charge in [-0.05, 0) is 43.5 Å². The van der Waals surface area contributed by atoms with E-state index in [4.69, 9.17) is 0 Å². The molecular formula is C16H18N2O2. The van der Waals surface area contributed by atoms with Gasteiger partial charge in [0, 0.05) is 31.0 Å². The quantitative estimate of drug-likeness (QED) is 0.931. The number of benzene rings is 1. The third-order valence-corrected chi connectivity index (χ3v) is 3.99. The lowest BCUT2D eigenvalue weighted by Gasteiger charge is -2.29. The van der Waals surface area contributed by atoms with Crippen molar-refractivity contribution in [2.75, 3.05) is 11.9 Å². The lowest BCUT2D eigenvalue weighted by molar-refractivity contribution is 0.0978. The summed E-state index contributed by atoms with van der Waals surface area (Å²) in [6, 6.07) is 11.0. The van der Waals surface area contributed by atoms with Crippen LogP contribution in [0, 0.1) is 0 Å². The van der Waals surface area contributed by atoms with Crippen molar-refractivity contribution in [2.24, 2.45) is 0 Å². The first-order chi connectivity index (χ1) is 9.66. The second-order valence-corrected chi connectivity index (χ2v) is 5.27. The van der Waals surface area contributed by atoms with Crippen LogP contribution in [0.5, 0.6) is 5.75 Å². The summed E-state index contributed by atoms with van der Waals surface area (Å²) in [5.74, 6) is 0.115. The molecule has 104 valence electrons. The normalized spacial score (nSPS) is 14.8. The van der Waals surface area contributed by atoms with Gasteiger partial charge < -0.3 is 14.6 Å². The summed E-state index contributed by atoms with van der Waals surface area (Å²) in [5, 5.41) is 9.52. The molecule has 20 heavy (non-hydrogen) atoms. The first kappa shape index (κ1) is 12.8. The van der Waals surface area contributed by atoms with E-state index in [2.05, 4.69) is 4.57 Å². The number of carbonyl (C=O) groups excluding carboxylic acids is 1. The molecule has 1 aromatic carbocycles. The molecule has 2 aromatic rings. The van der Waals surface area contributed by atoms with Crippen LogP contribution in [0.1, 0.15) is 35.8 Å². The number of hydrogen-bond acceptors (Lipinski definition) is 2. The first-order valence-electron chi connectivity index (χ1n) is 6.91. The van der Waals surface area contributed by atoms with E-state index in [1.807, 2.05) is 24.4 Å². The number of phenols is 1. The van der Waals surface area contributed by atoms with Gasteiger partial charge in [0.05, 0.1) is 0 Å². The van der Waals surface area contributed by atoms with E-state index in [0.717, 1.165) is 12.8 Å². The van der Waals surface area contributed by atoms with Gasteiger partial charge in [-0.25, -0.2) is 0 Å². The van der Waals surface area contributed by atoms with Crippen molar-refractivity contribution < 1.29 is 9.90 Å². The van der Waals surface area contributed by atoms with Crippen LogP contribution in [-0.2, 0) is 0 Å². The molecule has 0 spiro atoms. The molecule has 1 saturated carbocycles. The molecule has 0 unspecified atom stereocenters. The minimum absolute atomic E-state index is 0.0486. The van der Waals surface area contributed by atoms with Crippen molar-refractivity contribution in [3.63, 3.8) is 0 Å².